The maximum absolute atomic E-state index is 13.1. The Morgan fingerprint density at radius 2 is 1.64 bits per heavy atom. The molecule has 1 saturated heterocycles. The number of alkyl halides is 3. The molecule has 3 aromatic carbocycles. The van der Waals surface area contributed by atoms with E-state index in [1.54, 1.807) is 0 Å². The van der Waals surface area contributed by atoms with Gasteiger partial charge in [-0.3, -0.25) is 14.5 Å². The summed E-state index contributed by atoms with van der Waals surface area (Å²) in [7, 11) is 1.37. The first kappa shape index (κ1) is 24.9. The molecule has 0 bridgehead atoms. The fraction of sp³-hybridized carbons (Fsp3) is 0.120. The van der Waals surface area contributed by atoms with Crippen LogP contribution in [-0.4, -0.2) is 35.4 Å². The number of hydrogen-bond acceptors (Lipinski definition) is 6. The highest BCUT2D eigenvalue weighted by molar-refractivity contribution is 6.51. The Bertz CT molecular complexity index is 1350. The van der Waals surface area contributed by atoms with Crippen LogP contribution in [0, 0.1) is 0 Å². The summed E-state index contributed by atoms with van der Waals surface area (Å²) in [5, 5.41) is 21.1. The summed E-state index contributed by atoms with van der Waals surface area (Å²) in [5.74, 6) is -2.92. The molecule has 1 amide bonds. The molecule has 1 unspecified atom stereocenters. The number of methoxy groups -OCH3 is 1. The predicted octanol–water partition coefficient (Wildman–Crippen LogP) is 5.58. The number of ketones is 1. The minimum Gasteiger partial charge on any atom is -0.508 e. The number of aromatic hydroxyl groups is 1. The molecule has 2 N–H and O–H groups in total. The van der Waals surface area contributed by atoms with Gasteiger partial charge in [0, 0.05) is 11.3 Å². The Balaban J connectivity index is 1.86. The molecule has 0 spiro atoms. The Hall–Kier alpha value is -4.18. The quantitative estimate of drug-likeness (QED) is 0.259. The van der Waals surface area contributed by atoms with Crippen molar-refractivity contribution in [2.24, 2.45) is 0 Å². The lowest BCUT2D eigenvalue weighted by molar-refractivity contribution is -0.274. The van der Waals surface area contributed by atoms with E-state index in [0.717, 1.165) is 17.0 Å². The number of Topliss-reactive ketones (excluding diaryl/α,β-unsaturated/α-hetero) is 1. The summed E-state index contributed by atoms with van der Waals surface area (Å²) >= 11 is 6.05. The minimum absolute atomic E-state index is 0.0770. The van der Waals surface area contributed by atoms with Crippen LogP contribution in [-0.2, 0) is 9.59 Å². The average Bonchev–Trinajstić information content (AvgIpc) is 3.09. The van der Waals surface area contributed by atoms with Gasteiger partial charge in [-0.05, 0) is 60.2 Å². The first-order valence-corrected chi connectivity index (χ1v) is 10.7. The normalized spacial score (nSPS) is 17.4. The van der Waals surface area contributed by atoms with Gasteiger partial charge in [0.1, 0.15) is 23.0 Å². The summed E-state index contributed by atoms with van der Waals surface area (Å²) in [6.07, 6.45) is -4.91. The van der Waals surface area contributed by atoms with Gasteiger partial charge in [-0.15, -0.1) is 13.2 Å². The number of benzene rings is 3. The lowest BCUT2D eigenvalue weighted by atomic mass is 9.95. The first-order chi connectivity index (χ1) is 17.0. The van der Waals surface area contributed by atoms with E-state index in [-0.39, 0.29) is 33.3 Å². The number of carbonyl (C=O) groups is 2. The van der Waals surface area contributed by atoms with Gasteiger partial charge >= 0.3 is 6.36 Å². The maximum atomic E-state index is 13.1. The molecule has 11 heteroatoms. The summed E-state index contributed by atoms with van der Waals surface area (Å²) in [6.45, 7) is 0. The number of anilines is 1. The standard InChI is InChI=1S/C25H17ClF3NO6/c1-35-19-12-14(4-11-18(19)26)22(32)20-21(13-2-7-16(31)8-3-13)30(24(34)23(20)33)15-5-9-17(10-6-15)36-25(27,28)29/h2-12,21,31-32H,1H3/b22-20-. The van der Waals surface area contributed by atoms with Crippen LogP contribution in [0.25, 0.3) is 5.76 Å². The van der Waals surface area contributed by atoms with E-state index in [1.165, 1.54) is 61.7 Å². The zero-order valence-corrected chi connectivity index (χ0v) is 19.2. The van der Waals surface area contributed by atoms with Crippen LogP contribution < -0.4 is 14.4 Å². The van der Waals surface area contributed by atoms with Crippen LogP contribution in [0.3, 0.4) is 0 Å². The fourth-order valence-corrected chi connectivity index (χ4v) is 4.04. The average molecular weight is 520 g/mol. The minimum atomic E-state index is -4.91. The van der Waals surface area contributed by atoms with Crippen molar-refractivity contribution in [3.05, 3.63) is 88.5 Å². The Labute approximate surface area is 207 Å². The maximum Gasteiger partial charge on any atom is 0.573 e. The number of ether oxygens (including phenoxy) is 2. The van der Waals surface area contributed by atoms with E-state index in [4.69, 9.17) is 16.3 Å². The lowest BCUT2D eigenvalue weighted by Crippen LogP contribution is -2.29. The molecule has 36 heavy (non-hydrogen) atoms. The van der Waals surface area contributed by atoms with Gasteiger partial charge in [0.05, 0.1) is 23.7 Å². The van der Waals surface area contributed by atoms with Gasteiger partial charge in [0.15, 0.2) is 0 Å². The SMILES string of the molecule is COc1cc(/C(O)=C2/C(=O)C(=O)N(c3ccc(OC(F)(F)F)cc3)C2c2ccc(O)cc2)ccc1Cl. The van der Waals surface area contributed by atoms with E-state index < -0.39 is 35.6 Å². The molecular weight excluding hydrogens is 503 g/mol. The second-order valence-electron chi connectivity index (χ2n) is 7.65. The third-order valence-electron chi connectivity index (χ3n) is 5.43. The fourth-order valence-electron chi connectivity index (χ4n) is 3.84. The molecule has 1 heterocycles. The number of rotatable bonds is 5. The van der Waals surface area contributed by atoms with Gasteiger partial charge in [0.25, 0.3) is 11.7 Å². The topological polar surface area (TPSA) is 96.3 Å². The molecule has 1 aliphatic heterocycles. The van der Waals surface area contributed by atoms with Crippen molar-refractivity contribution < 1.29 is 42.4 Å². The van der Waals surface area contributed by atoms with Crippen molar-refractivity contribution in [2.75, 3.05) is 12.0 Å². The third-order valence-corrected chi connectivity index (χ3v) is 5.74. The van der Waals surface area contributed by atoms with Crippen molar-refractivity contribution >= 4 is 34.7 Å². The Morgan fingerprint density at radius 3 is 2.22 bits per heavy atom. The number of aliphatic hydroxyl groups is 1. The Kier molecular flexibility index (Phi) is 6.55. The number of amides is 1. The van der Waals surface area contributed by atoms with Gasteiger partial charge in [0.2, 0.25) is 0 Å². The van der Waals surface area contributed by atoms with Crippen LogP contribution in [0.15, 0.2) is 72.3 Å². The van der Waals surface area contributed by atoms with Gasteiger partial charge < -0.3 is 19.7 Å². The number of phenols is 1. The molecule has 1 fully saturated rings. The molecule has 1 aliphatic rings. The highest BCUT2D eigenvalue weighted by Crippen LogP contribution is 2.43. The van der Waals surface area contributed by atoms with Crippen LogP contribution in [0.5, 0.6) is 17.2 Å². The number of carbonyl (C=O) groups excluding carboxylic acids is 2. The monoisotopic (exact) mass is 519 g/mol. The van der Waals surface area contributed by atoms with Crippen LogP contribution in [0.1, 0.15) is 17.2 Å². The number of nitrogens with zero attached hydrogens (tertiary/aromatic N) is 1. The van der Waals surface area contributed by atoms with Crippen LogP contribution >= 0.6 is 11.6 Å². The van der Waals surface area contributed by atoms with E-state index >= 15 is 0 Å². The molecule has 0 aliphatic carbocycles. The molecule has 0 saturated carbocycles. The molecule has 7 nitrogen and oxygen atoms in total. The second-order valence-corrected chi connectivity index (χ2v) is 8.06. The smallest absolute Gasteiger partial charge is 0.508 e. The van der Waals surface area contributed by atoms with Crippen LogP contribution in [0.2, 0.25) is 5.02 Å². The first-order valence-electron chi connectivity index (χ1n) is 10.3. The van der Waals surface area contributed by atoms with Crippen molar-refractivity contribution in [1.29, 1.82) is 0 Å². The molecule has 0 aromatic heterocycles. The largest absolute Gasteiger partial charge is 0.573 e. The number of aliphatic hydroxyl groups excluding tert-OH is 1. The molecular formula is C25H17ClF3NO6. The zero-order chi connectivity index (χ0) is 26.2. The van der Waals surface area contributed by atoms with Crippen molar-refractivity contribution in [3.8, 4) is 17.2 Å². The third kappa shape index (κ3) is 4.80. The van der Waals surface area contributed by atoms with Crippen LogP contribution in [0.4, 0.5) is 18.9 Å². The number of hydrogen-bond donors (Lipinski definition) is 2. The molecule has 3 aromatic rings. The zero-order valence-electron chi connectivity index (χ0n) is 18.4. The molecule has 1 atom stereocenters. The summed E-state index contributed by atoms with van der Waals surface area (Å²) in [6, 6.07) is 13.1. The number of halogens is 4. The highest BCUT2D eigenvalue weighted by atomic mass is 35.5. The second kappa shape index (κ2) is 9.46. The van der Waals surface area contributed by atoms with E-state index in [0.29, 0.717) is 5.56 Å². The molecule has 4 rings (SSSR count). The van der Waals surface area contributed by atoms with Gasteiger partial charge in [-0.1, -0.05) is 23.7 Å². The predicted molar refractivity (Wildman–Crippen MR) is 124 cm³/mol. The van der Waals surface area contributed by atoms with Crippen molar-refractivity contribution in [1.82, 2.24) is 0 Å². The van der Waals surface area contributed by atoms with Crippen molar-refractivity contribution in [2.45, 2.75) is 12.4 Å². The van der Waals surface area contributed by atoms with E-state index in [9.17, 15) is 33.0 Å². The van der Waals surface area contributed by atoms with Crippen molar-refractivity contribution in [3.63, 3.8) is 0 Å². The summed E-state index contributed by atoms with van der Waals surface area (Å²) in [4.78, 5) is 27.3. The van der Waals surface area contributed by atoms with Gasteiger partial charge in [-0.25, -0.2) is 0 Å². The summed E-state index contributed by atoms with van der Waals surface area (Å²) < 4.78 is 46.7. The lowest BCUT2D eigenvalue weighted by Gasteiger charge is -2.25. The van der Waals surface area contributed by atoms with E-state index in [1.807, 2.05) is 0 Å². The molecule has 0 radical (unpaired) electrons. The molecule has 186 valence electrons. The van der Waals surface area contributed by atoms with E-state index in [2.05, 4.69) is 4.74 Å². The highest BCUT2D eigenvalue weighted by Gasteiger charge is 2.47. The van der Waals surface area contributed by atoms with Gasteiger partial charge in [-0.2, -0.15) is 0 Å². The summed E-state index contributed by atoms with van der Waals surface area (Å²) in [5.41, 5.74) is 0.306. The Morgan fingerprint density at radius 1 is 1.00 bits per heavy atom. The number of phenolic OH excluding ortho intramolecular Hbond substituents is 1.